The lowest BCUT2D eigenvalue weighted by Crippen LogP contribution is -2.54. The van der Waals surface area contributed by atoms with Crippen LogP contribution in [-0.2, 0) is 0 Å². The molecule has 0 spiro atoms. The summed E-state index contributed by atoms with van der Waals surface area (Å²) < 4.78 is 27.4. The van der Waals surface area contributed by atoms with E-state index in [1.807, 2.05) is 0 Å². The number of thiocarbonyl (C=S) groups is 1. The van der Waals surface area contributed by atoms with Gasteiger partial charge in [0.1, 0.15) is 17.2 Å². The summed E-state index contributed by atoms with van der Waals surface area (Å²) in [5.41, 5.74) is 4.15. The fourth-order valence-electron chi connectivity index (χ4n) is 1.50. The van der Waals surface area contributed by atoms with Gasteiger partial charge >= 0.3 is 0 Å². The van der Waals surface area contributed by atoms with E-state index in [9.17, 15) is 13.6 Å². The minimum absolute atomic E-state index is 0.0665. The van der Waals surface area contributed by atoms with E-state index >= 15 is 0 Å². The van der Waals surface area contributed by atoms with Crippen LogP contribution in [0, 0.1) is 18.6 Å². The van der Waals surface area contributed by atoms with Crippen LogP contribution < -0.4 is 11.1 Å². The van der Waals surface area contributed by atoms with E-state index in [-0.39, 0.29) is 10.6 Å². The highest BCUT2D eigenvalue weighted by Crippen LogP contribution is 2.18. The van der Waals surface area contributed by atoms with E-state index in [0.29, 0.717) is 6.42 Å². The Morgan fingerprint density at radius 1 is 1.47 bits per heavy atom. The molecule has 6 heteroatoms. The Labute approximate surface area is 116 Å². The fourth-order valence-corrected chi connectivity index (χ4v) is 1.70. The maximum absolute atomic E-state index is 13.8. The van der Waals surface area contributed by atoms with Gasteiger partial charge in [-0.1, -0.05) is 25.2 Å². The molecule has 0 saturated heterocycles. The van der Waals surface area contributed by atoms with Gasteiger partial charge in [-0.15, -0.1) is 0 Å². The summed E-state index contributed by atoms with van der Waals surface area (Å²) in [7, 11) is 0. The smallest absolute Gasteiger partial charge is 0.258 e. The van der Waals surface area contributed by atoms with Crippen molar-refractivity contribution in [3.63, 3.8) is 0 Å². The molecular weight excluding hydrogens is 270 g/mol. The average Bonchev–Trinajstić information content (AvgIpc) is 2.34. The Kier molecular flexibility index (Phi) is 4.57. The molecule has 1 unspecified atom stereocenters. The maximum atomic E-state index is 13.8. The van der Waals surface area contributed by atoms with Gasteiger partial charge in [-0.25, -0.2) is 8.78 Å². The second-order valence-electron chi connectivity index (χ2n) is 4.56. The lowest BCUT2D eigenvalue weighted by Gasteiger charge is -2.28. The van der Waals surface area contributed by atoms with Gasteiger partial charge < -0.3 is 11.1 Å². The molecule has 1 rings (SSSR count). The van der Waals surface area contributed by atoms with Gasteiger partial charge in [0, 0.05) is 0 Å². The minimum Gasteiger partial charge on any atom is -0.391 e. The number of halogens is 2. The Balaban J connectivity index is 3.16. The van der Waals surface area contributed by atoms with Crippen molar-refractivity contribution in [3.05, 3.63) is 34.9 Å². The number of carbonyl (C=O) groups excluding carboxylic acids is 1. The van der Waals surface area contributed by atoms with Gasteiger partial charge in [0.15, 0.2) is 0 Å². The molecule has 0 fully saturated rings. The van der Waals surface area contributed by atoms with E-state index in [0.717, 1.165) is 6.07 Å². The number of carbonyl (C=O) groups is 1. The van der Waals surface area contributed by atoms with Gasteiger partial charge in [0.05, 0.1) is 10.5 Å². The van der Waals surface area contributed by atoms with Crippen molar-refractivity contribution in [3.8, 4) is 0 Å². The van der Waals surface area contributed by atoms with Crippen LogP contribution in [0.3, 0.4) is 0 Å². The molecule has 0 aliphatic rings. The molecule has 1 amide bonds. The molecule has 0 bridgehead atoms. The van der Waals surface area contributed by atoms with Crippen molar-refractivity contribution in [1.29, 1.82) is 0 Å². The van der Waals surface area contributed by atoms with Crippen molar-refractivity contribution in [2.24, 2.45) is 5.73 Å². The summed E-state index contributed by atoms with van der Waals surface area (Å²) in [6.45, 7) is 4.83. The molecule has 19 heavy (non-hydrogen) atoms. The van der Waals surface area contributed by atoms with Crippen LogP contribution in [-0.4, -0.2) is 16.4 Å². The average molecular weight is 286 g/mol. The van der Waals surface area contributed by atoms with Gasteiger partial charge in [-0.3, -0.25) is 4.79 Å². The molecule has 0 aliphatic heterocycles. The Bertz CT molecular complexity index is 534. The molecule has 3 nitrogen and oxygen atoms in total. The number of aryl methyl sites for hydroxylation is 1. The van der Waals surface area contributed by atoms with Gasteiger partial charge in [0.25, 0.3) is 5.91 Å². The van der Waals surface area contributed by atoms with Crippen LogP contribution >= 0.6 is 12.2 Å². The van der Waals surface area contributed by atoms with Crippen molar-refractivity contribution < 1.29 is 13.6 Å². The minimum atomic E-state index is -0.977. The molecule has 1 atom stereocenters. The van der Waals surface area contributed by atoms with Gasteiger partial charge in [0.2, 0.25) is 0 Å². The predicted octanol–water partition coefficient (Wildman–Crippen LogP) is 2.46. The summed E-state index contributed by atoms with van der Waals surface area (Å²) in [6, 6.07) is 2.32. The standard InChI is InChI=1S/C13H16F2N2OS/c1-4-13(3,12(16)19)17-11(18)9-8(14)6-5-7(2)10(9)15/h5-6H,4H2,1-3H3,(H2,16,19)(H,17,18). The fraction of sp³-hybridized carbons (Fsp3) is 0.385. The molecule has 0 aromatic heterocycles. The first-order chi connectivity index (χ1) is 8.73. The Hall–Kier alpha value is -1.56. The quantitative estimate of drug-likeness (QED) is 0.836. The lowest BCUT2D eigenvalue weighted by molar-refractivity contribution is 0.0917. The summed E-state index contributed by atoms with van der Waals surface area (Å²) >= 11 is 4.86. The van der Waals surface area contributed by atoms with Crippen LogP contribution in [0.2, 0.25) is 0 Å². The number of hydrogen-bond acceptors (Lipinski definition) is 2. The van der Waals surface area contributed by atoms with Crippen molar-refractivity contribution in [2.45, 2.75) is 32.7 Å². The van der Waals surface area contributed by atoms with E-state index in [1.54, 1.807) is 13.8 Å². The zero-order valence-corrected chi connectivity index (χ0v) is 11.8. The highest BCUT2D eigenvalue weighted by Gasteiger charge is 2.30. The molecule has 0 aliphatic carbocycles. The van der Waals surface area contributed by atoms with Crippen molar-refractivity contribution in [2.75, 3.05) is 0 Å². The maximum Gasteiger partial charge on any atom is 0.258 e. The number of nitrogens with one attached hydrogen (secondary N) is 1. The zero-order chi connectivity index (χ0) is 14.8. The normalized spacial score (nSPS) is 13.7. The Morgan fingerprint density at radius 2 is 2.05 bits per heavy atom. The summed E-state index contributed by atoms with van der Waals surface area (Å²) in [4.78, 5) is 12.1. The number of rotatable bonds is 4. The molecule has 1 aromatic carbocycles. The largest absolute Gasteiger partial charge is 0.391 e. The van der Waals surface area contributed by atoms with Gasteiger partial charge in [-0.2, -0.15) is 0 Å². The second-order valence-corrected chi connectivity index (χ2v) is 5.00. The third kappa shape index (κ3) is 3.07. The lowest BCUT2D eigenvalue weighted by atomic mass is 9.98. The van der Waals surface area contributed by atoms with Crippen molar-refractivity contribution >= 4 is 23.1 Å². The van der Waals surface area contributed by atoms with Crippen LogP contribution in [0.15, 0.2) is 12.1 Å². The van der Waals surface area contributed by atoms with Crippen LogP contribution in [0.25, 0.3) is 0 Å². The number of amides is 1. The molecule has 0 saturated carbocycles. The molecule has 1 aromatic rings. The first kappa shape index (κ1) is 15.5. The van der Waals surface area contributed by atoms with Gasteiger partial charge in [-0.05, 0) is 31.9 Å². The number of nitrogens with two attached hydrogens (primary N) is 1. The SMILES string of the molecule is CCC(C)(NC(=O)c1c(F)ccc(C)c1F)C(N)=S. The van der Waals surface area contributed by atoms with Crippen LogP contribution in [0.1, 0.15) is 36.2 Å². The highest BCUT2D eigenvalue weighted by molar-refractivity contribution is 7.80. The number of hydrogen-bond donors (Lipinski definition) is 2. The van der Waals surface area contributed by atoms with E-state index < -0.39 is 28.6 Å². The Morgan fingerprint density at radius 3 is 2.53 bits per heavy atom. The monoisotopic (exact) mass is 286 g/mol. The van der Waals surface area contributed by atoms with E-state index in [4.69, 9.17) is 18.0 Å². The van der Waals surface area contributed by atoms with E-state index in [1.165, 1.54) is 13.0 Å². The first-order valence-electron chi connectivity index (χ1n) is 5.80. The molecular formula is C13H16F2N2OS. The summed E-state index contributed by atoms with van der Waals surface area (Å²) in [5.74, 6) is -2.66. The summed E-state index contributed by atoms with van der Waals surface area (Å²) in [6.07, 6.45) is 0.420. The molecule has 0 radical (unpaired) electrons. The predicted molar refractivity (Wildman–Crippen MR) is 74.0 cm³/mol. The second kappa shape index (κ2) is 5.61. The van der Waals surface area contributed by atoms with Crippen LogP contribution in [0.5, 0.6) is 0 Å². The third-order valence-corrected chi connectivity index (χ3v) is 3.60. The molecule has 3 N–H and O–H groups in total. The third-order valence-electron chi connectivity index (χ3n) is 3.15. The van der Waals surface area contributed by atoms with Crippen LogP contribution in [0.4, 0.5) is 8.78 Å². The zero-order valence-electron chi connectivity index (χ0n) is 11.0. The highest BCUT2D eigenvalue weighted by atomic mass is 32.1. The summed E-state index contributed by atoms with van der Waals surface area (Å²) in [5, 5.41) is 2.48. The number of benzene rings is 1. The van der Waals surface area contributed by atoms with Crippen molar-refractivity contribution in [1.82, 2.24) is 5.32 Å². The topological polar surface area (TPSA) is 55.1 Å². The van der Waals surface area contributed by atoms with E-state index in [2.05, 4.69) is 5.32 Å². The first-order valence-corrected chi connectivity index (χ1v) is 6.20. The molecule has 0 heterocycles. The molecule has 104 valence electrons.